The fourth-order valence-electron chi connectivity index (χ4n) is 3.48. The summed E-state index contributed by atoms with van der Waals surface area (Å²) in [5, 5.41) is 3.87. The van der Waals surface area contributed by atoms with Gasteiger partial charge in [-0.05, 0) is 64.6 Å². The second-order valence-corrected chi connectivity index (χ2v) is 6.59. The quantitative estimate of drug-likeness (QED) is 0.712. The van der Waals surface area contributed by atoms with Crippen LogP contribution >= 0.6 is 0 Å². The molecule has 2 fully saturated rings. The van der Waals surface area contributed by atoms with Crippen LogP contribution in [-0.4, -0.2) is 36.1 Å². The average molecular weight is 252 g/mol. The first kappa shape index (κ1) is 14.3. The average Bonchev–Trinajstić information content (AvgIpc) is 3.03. The van der Waals surface area contributed by atoms with Crippen LogP contribution in [0.25, 0.3) is 0 Å². The zero-order valence-corrected chi connectivity index (χ0v) is 12.7. The number of likely N-dealkylation sites (tertiary alicyclic amines) is 1. The predicted octanol–water partition coefficient (Wildman–Crippen LogP) is 3.42. The zero-order chi connectivity index (χ0) is 13.0. The van der Waals surface area contributed by atoms with Gasteiger partial charge in [0.05, 0.1) is 0 Å². The lowest BCUT2D eigenvalue weighted by Gasteiger charge is -2.45. The van der Waals surface area contributed by atoms with Gasteiger partial charge >= 0.3 is 0 Å². The van der Waals surface area contributed by atoms with Crippen molar-refractivity contribution in [2.24, 2.45) is 5.92 Å². The Kier molecular flexibility index (Phi) is 5.08. The molecule has 1 saturated carbocycles. The Balaban J connectivity index is 2.02. The van der Waals surface area contributed by atoms with Crippen molar-refractivity contribution in [2.75, 3.05) is 19.6 Å². The maximum atomic E-state index is 3.87. The van der Waals surface area contributed by atoms with Crippen LogP contribution in [0.3, 0.4) is 0 Å². The van der Waals surface area contributed by atoms with Crippen molar-refractivity contribution >= 4 is 0 Å². The SMILES string of the molecule is CCCNC(CC1CC1)C(C)(CC)N1CCCC1. The van der Waals surface area contributed by atoms with Gasteiger partial charge in [-0.1, -0.05) is 26.7 Å². The molecule has 0 amide bonds. The van der Waals surface area contributed by atoms with Crippen LogP contribution in [0.1, 0.15) is 65.7 Å². The van der Waals surface area contributed by atoms with Crippen molar-refractivity contribution in [3.05, 3.63) is 0 Å². The summed E-state index contributed by atoms with van der Waals surface area (Å²) in [7, 11) is 0. The van der Waals surface area contributed by atoms with E-state index >= 15 is 0 Å². The van der Waals surface area contributed by atoms with Gasteiger partial charge < -0.3 is 5.32 Å². The molecule has 18 heavy (non-hydrogen) atoms. The van der Waals surface area contributed by atoms with E-state index in [1.165, 1.54) is 64.6 Å². The molecule has 2 unspecified atom stereocenters. The molecule has 2 heteroatoms. The first-order valence-electron chi connectivity index (χ1n) is 8.19. The van der Waals surface area contributed by atoms with Gasteiger partial charge in [0.2, 0.25) is 0 Å². The Labute approximate surface area is 114 Å². The lowest BCUT2D eigenvalue weighted by molar-refractivity contribution is 0.0778. The number of hydrogen-bond acceptors (Lipinski definition) is 2. The van der Waals surface area contributed by atoms with Crippen LogP contribution < -0.4 is 5.32 Å². The van der Waals surface area contributed by atoms with E-state index in [-0.39, 0.29) is 0 Å². The third-order valence-electron chi connectivity index (χ3n) is 5.20. The summed E-state index contributed by atoms with van der Waals surface area (Å²) < 4.78 is 0. The highest BCUT2D eigenvalue weighted by molar-refractivity contribution is 4.99. The van der Waals surface area contributed by atoms with Gasteiger partial charge in [-0.3, -0.25) is 4.90 Å². The van der Waals surface area contributed by atoms with Gasteiger partial charge in [0.25, 0.3) is 0 Å². The van der Waals surface area contributed by atoms with E-state index in [2.05, 4.69) is 31.0 Å². The highest BCUT2D eigenvalue weighted by Gasteiger charge is 2.41. The largest absolute Gasteiger partial charge is 0.312 e. The molecule has 2 aliphatic rings. The summed E-state index contributed by atoms with van der Waals surface area (Å²) in [4.78, 5) is 2.77. The summed E-state index contributed by atoms with van der Waals surface area (Å²) >= 11 is 0. The molecule has 1 heterocycles. The Hall–Kier alpha value is -0.0800. The van der Waals surface area contributed by atoms with Crippen molar-refractivity contribution in [1.82, 2.24) is 10.2 Å². The van der Waals surface area contributed by atoms with E-state index in [0.717, 1.165) is 5.92 Å². The van der Waals surface area contributed by atoms with E-state index in [0.29, 0.717) is 11.6 Å². The molecule has 2 atom stereocenters. The molecule has 106 valence electrons. The second-order valence-electron chi connectivity index (χ2n) is 6.59. The summed E-state index contributed by atoms with van der Waals surface area (Å²) in [5.74, 6) is 1.02. The van der Waals surface area contributed by atoms with Gasteiger partial charge in [0, 0.05) is 11.6 Å². The van der Waals surface area contributed by atoms with Crippen molar-refractivity contribution in [3.63, 3.8) is 0 Å². The number of nitrogens with one attached hydrogen (secondary N) is 1. The Morgan fingerprint density at radius 3 is 2.39 bits per heavy atom. The van der Waals surface area contributed by atoms with Crippen LogP contribution in [0.15, 0.2) is 0 Å². The summed E-state index contributed by atoms with van der Waals surface area (Å²) in [5.41, 5.74) is 0.383. The molecular weight excluding hydrogens is 220 g/mol. The van der Waals surface area contributed by atoms with Gasteiger partial charge in [-0.15, -0.1) is 0 Å². The first-order chi connectivity index (χ1) is 8.70. The normalized spacial score (nSPS) is 26.2. The Morgan fingerprint density at radius 1 is 1.22 bits per heavy atom. The molecule has 0 aromatic rings. The van der Waals surface area contributed by atoms with Crippen LogP contribution in [-0.2, 0) is 0 Å². The lowest BCUT2D eigenvalue weighted by atomic mass is 9.84. The van der Waals surface area contributed by atoms with Gasteiger partial charge in [-0.2, -0.15) is 0 Å². The monoisotopic (exact) mass is 252 g/mol. The summed E-state index contributed by atoms with van der Waals surface area (Å²) in [6, 6.07) is 0.702. The van der Waals surface area contributed by atoms with Crippen LogP contribution in [0.5, 0.6) is 0 Å². The number of hydrogen-bond donors (Lipinski definition) is 1. The van der Waals surface area contributed by atoms with Crippen molar-refractivity contribution < 1.29 is 0 Å². The summed E-state index contributed by atoms with van der Waals surface area (Å²) in [6.07, 6.45) is 9.69. The molecular formula is C16H32N2. The van der Waals surface area contributed by atoms with Crippen molar-refractivity contribution in [2.45, 2.75) is 77.3 Å². The molecule has 1 saturated heterocycles. The lowest BCUT2D eigenvalue weighted by Crippen LogP contribution is -2.58. The van der Waals surface area contributed by atoms with Gasteiger partial charge in [0.1, 0.15) is 0 Å². The molecule has 1 aliphatic carbocycles. The smallest absolute Gasteiger partial charge is 0.0331 e. The molecule has 0 bridgehead atoms. The van der Waals surface area contributed by atoms with E-state index in [4.69, 9.17) is 0 Å². The minimum atomic E-state index is 0.383. The Bertz CT molecular complexity index is 243. The van der Waals surface area contributed by atoms with Crippen LogP contribution in [0.4, 0.5) is 0 Å². The minimum Gasteiger partial charge on any atom is -0.312 e. The van der Waals surface area contributed by atoms with Gasteiger partial charge in [0.15, 0.2) is 0 Å². The maximum Gasteiger partial charge on any atom is 0.0331 e. The van der Waals surface area contributed by atoms with Crippen LogP contribution in [0, 0.1) is 5.92 Å². The molecule has 0 spiro atoms. The highest BCUT2D eigenvalue weighted by Crippen LogP contribution is 2.38. The second kappa shape index (κ2) is 6.38. The molecule has 2 rings (SSSR count). The Morgan fingerprint density at radius 2 is 1.89 bits per heavy atom. The molecule has 2 nitrogen and oxygen atoms in total. The zero-order valence-electron chi connectivity index (χ0n) is 12.7. The number of nitrogens with zero attached hydrogens (tertiary/aromatic N) is 1. The van der Waals surface area contributed by atoms with Crippen molar-refractivity contribution in [3.8, 4) is 0 Å². The molecule has 0 aromatic heterocycles. The predicted molar refractivity (Wildman–Crippen MR) is 78.9 cm³/mol. The van der Waals surface area contributed by atoms with E-state index in [1.807, 2.05) is 0 Å². The first-order valence-corrected chi connectivity index (χ1v) is 8.19. The molecule has 0 aromatic carbocycles. The maximum absolute atomic E-state index is 3.87. The van der Waals surface area contributed by atoms with Gasteiger partial charge in [-0.25, -0.2) is 0 Å². The topological polar surface area (TPSA) is 15.3 Å². The summed E-state index contributed by atoms with van der Waals surface area (Å²) in [6.45, 7) is 11.0. The fourth-order valence-corrected chi connectivity index (χ4v) is 3.48. The third kappa shape index (κ3) is 3.27. The fraction of sp³-hybridized carbons (Fsp3) is 1.00. The molecule has 1 aliphatic heterocycles. The molecule has 1 N–H and O–H groups in total. The van der Waals surface area contributed by atoms with E-state index in [1.54, 1.807) is 0 Å². The number of rotatable bonds is 8. The van der Waals surface area contributed by atoms with E-state index in [9.17, 15) is 0 Å². The minimum absolute atomic E-state index is 0.383. The van der Waals surface area contributed by atoms with Crippen LogP contribution in [0.2, 0.25) is 0 Å². The van der Waals surface area contributed by atoms with E-state index < -0.39 is 0 Å². The highest BCUT2D eigenvalue weighted by atomic mass is 15.2. The standard InChI is InChI=1S/C16H32N2/c1-4-10-17-15(13-14-8-9-14)16(3,5-2)18-11-6-7-12-18/h14-15,17H,4-13H2,1-3H3. The van der Waals surface area contributed by atoms with Crippen molar-refractivity contribution in [1.29, 1.82) is 0 Å². The third-order valence-corrected chi connectivity index (χ3v) is 5.20. The molecule has 0 radical (unpaired) electrons.